The van der Waals surface area contributed by atoms with E-state index in [0.29, 0.717) is 10.8 Å². The van der Waals surface area contributed by atoms with Gasteiger partial charge < -0.3 is 9.84 Å². The second kappa shape index (κ2) is 7.20. The third-order valence-electron chi connectivity index (χ3n) is 2.47. The van der Waals surface area contributed by atoms with E-state index >= 15 is 0 Å². The van der Waals surface area contributed by atoms with Gasteiger partial charge in [-0.05, 0) is 18.6 Å². The van der Waals surface area contributed by atoms with Gasteiger partial charge in [0.05, 0.1) is 13.2 Å². The lowest BCUT2D eigenvalue weighted by atomic mass is 10.4. The highest BCUT2D eigenvalue weighted by Crippen LogP contribution is 2.25. The molecular formula is C11H19NO4S2. The summed E-state index contributed by atoms with van der Waals surface area (Å²) in [5.74, 6) is 0. The van der Waals surface area contributed by atoms with Crippen LogP contribution in [0.1, 0.15) is 11.8 Å². The lowest BCUT2D eigenvalue weighted by Gasteiger charge is -2.19. The number of aryl methyl sites for hydroxylation is 1. The van der Waals surface area contributed by atoms with Gasteiger partial charge in [0.15, 0.2) is 0 Å². The van der Waals surface area contributed by atoms with Gasteiger partial charge >= 0.3 is 0 Å². The molecule has 5 nitrogen and oxygen atoms in total. The zero-order chi connectivity index (χ0) is 13.6. The summed E-state index contributed by atoms with van der Waals surface area (Å²) in [6, 6.07) is 3.45. The SMILES string of the molecule is CCc1ccc(S(=O)(=O)N(CCO)CCOC)s1. The van der Waals surface area contributed by atoms with Crippen molar-refractivity contribution in [2.75, 3.05) is 33.4 Å². The van der Waals surface area contributed by atoms with Gasteiger partial charge in [-0.1, -0.05) is 6.92 Å². The fourth-order valence-corrected chi connectivity index (χ4v) is 4.34. The lowest BCUT2D eigenvalue weighted by molar-refractivity contribution is 0.169. The highest BCUT2D eigenvalue weighted by molar-refractivity contribution is 7.91. The molecule has 1 rings (SSSR count). The highest BCUT2D eigenvalue weighted by Gasteiger charge is 2.25. The van der Waals surface area contributed by atoms with Crippen molar-refractivity contribution in [3.63, 3.8) is 0 Å². The number of thiophene rings is 1. The van der Waals surface area contributed by atoms with Crippen LogP contribution in [0.4, 0.5) is 0 Å². The minimum Gasteiger partial charge on any atom is -0.395 e. The third-order valence-corrected chi connectivity index (χ3v) is 6.07. The average Bonchev–Trinajstić information content (AvgIpc) is 2.83. The summed E-state index contributed by atoms with van der Waals surface area (Å²) in [5, 5.41) is 8.95. The van der Waals surface area contributed by atoms with E-state index in [1.54, 1.807) is 6.07 Å². The number of aliphatic hydroxyl groups excluding tert-OH is 1. The van der Waals surface area contributed by atoms with Crippen LogP contribution in [0.15, 0.2) is 16.3 Å². The summed E-state index contributed by atoms with van der Waals surface area (Å²) in [5.41, 5.74) is 0. The molecule has 1 aromatic heterocycles. The topological polar surface area (TPSA) is 66.8 Å². The maximum Gasteiger partial charge on any atom is 0.252 e. The molecular weight excluding hydrogens is 274 g/mol. The number of nitrogens with zero attached hydrogens (tertiary/aromatic N) is 1. The standard InChI is InChI=1S/C11H19NO4S2/c1-3-10-4-5-11(17-10)18(14,15)12(6-8-13)7-9-16-2/h4-5,13H,3,6-9H2,1-2H3. The van der Waals surface area contributed by atoms with Crippen molar-refractivity contribution in [3.05, 3.63) is 17.0 Å². The summed E-state index contributed by atoms with van der Waals surface area (Å²) in [4.78, 5) is 1.03. The van der Waals surface area contributed by atoms with E-state index in [2.05, 4.69) is 0 Å². The van der Waals surface area contributed by atoms with Crippen molar-refractivity contribution in [1.82, 2.24) is 4.31 Å². The fourth-order valence-electron chi connectivity index (χ4n) is 1.47. The van der Waals surface area contributed by atoms with Crippen molar-refractivity contribution in [2.24, 2.45) is 0 Å². The first kappa shape index (κ1) is 15.6. The minimum absolute atomic E-state index is 0.0883. The Morgan fingerprint density at radius 2 is 2.11 bits per heavy atom. The second-order valence-corrected chi connectivity index (χ2v) is 7.03. The summed E-state index contributed by atoms with van der Waals surface area (Å²) in [6.07, 6.45) is 0.818. The van der Waals surface area contributed by atoms with Crippen molar-refractivity contribution in [1.29, 1.82) is 0 Å². The molecule has 104 valence electrons. The Morgan fingerprint density at radius 3 is 2.61 bits per heavy atom. The van der Waals surface area contributed by atoms with E-state index in [1.165, 1.54) is 22.8 Å². The number of hydrogen-bond acceptors (Lipinski definition) is 5. The molecule has 0 unspecified atom stereocenters. The maximum absolute atomic E-state index is 12.3. The van der Waals surface area contributed by atoms with Crippen LogP contribution in [-0.4, -0.2) is 51.2 Å². The van der Waals surface area contributed by atoms with Crippen molar-refractivity contribution < 1.29 is 18.3 Å². The number of hydrogen-bond donors (Lipinski definition) is 1. The Kier molecular flexibility index (Phi) is 6.24. The summed E-state index contributed by atoms with van der Waals surface area (Å²) < 4.78 is 31.1. The second-order valence-electron chi connectivity index (χ2n) is 3.69. The van der Waals surface area contributed by atoms with Gasteiger partial charge in [-0.2, -0.15) is 4.31 Å². The van der Waals surface area contributed by atoms with Gasteiger partial charge in [0.25, 0.3) is 10.0 Å². The van der Waals surface area contributed by atoms with Crippen molar-refractivity contribution in [3.8, 4) is 0 Å². The first-order chi connectivity index (χ1) is 8.56. The van der Waals surface area contributed by atoms with Crippen LogP contribution in [0.3, 0.4) is 0 Å². The van der Waals surface area contributed by atoms with E-state index in [0.717, 1.165) is 11.3 Å². The predicted octanol–water partition coefficient (Wildman–Crippen LogP) is 0.940. The van der Waals surface area contributed by atoms with Gasteiger partial charge in [0, 0.05) is 25.1 Å². The average molecular weight is 293 g/mol. The molecule has 0 spiro atoms. The molecule has 1 aromatic rings. The number of rotatable bonds is 8. The number of sulfonamides is 1. The third kappa shape index (κ3) is 3.76. The molecule has 0 saturated carbocycles. The number of aliphatic hydroxyl groups is 1. The largest absolute Gasteiger partial charge is 0.395 e. The van der Waals surface area contributed by atoms with Crippen molar-refractivity contribution in [2.45, 2.75) is 17.6 Å². The van der Waals surface area contributed by atoms with Crippen LogP contribution in [0.2, 0.25) is 0 Å². The van der Waals surface area contributed by atoms with Gasteiger partial charge in [-0.25, -0.2) is 8.42 Å². The molecule has 0 aliphatic rings. The minimum atomic E-state index is -3.51. The first-order valence-electron chi connectivity index (χ1n) is 5.75. The van der Waals surface area contributed by atoms with Crippen LogP contribution in [0.25, 0.3) is 0 Å². The van der Waals surface area contributed by atoms with Gasteiger partial charge in [-0.3, -0.25) is 0 Å². The van der Waals surface area contributed by atoms with Crippen LogP contribution in [0, 0.1) is 0 Å². The van der Waals surface area contributed by atoms with E-state index in [1.807, 2.05) is 13.0 Å². The predicted molar refractivity (Wildman–Crippen MR) is 71.4 cm³/mol. The molecule has 7 heteroatoms. The maximum atomic E-state index is 12.3. The highest BCUT2D eigenvalue weighted by atomic mass is 32.2. The molecule has 0 radical (unpaired) electrons. The molecule has 0 fully saturated rings. The molecule has 0 aliphatic carbocycles. The van der Waals surface area contributed by atoms with Crippen LogP contribution in [-0.2, 0) is 21.2 Å². The Labute approximate surface area is 112 Å². The first-order valence-corrected chi connectivity index (χ1v) is 8.00. The van der Waals surface area contributed by atoms with Gasteiger partial charge in [0.1, 0.15) is 4.21 Å². The van der Waals surface area contributed by atoms with Gasteiger partial charge in [0.2, 0.25) is 0 Å². The molecule has 0 amide bonds. The molecule has 0 saturated heterocycles. The molecule has 0 bridgehead atoms. The Hall–Kier alpha value is -0.470. The summed E-state index contributed by atoms with van der Waals surface area (Å²) in [6.45, 7) is 2.43. The molecule has 18 heavy (non-hydrogen) atoms. The van der Waals surface area contributed by atoms with Crippen LogP contribution >= 0.6 is 11.3 Å². The quantitative estimate of drug-likeness (QED) is 0.774. The van der Waals surface area contributed by atoms with E-state index in [-0.39, 0.29) is 19.7 Å². The summed E-state index contributed by atoms with van der Waals surface area (Å²) in [7, 11) is -1.99. The summed E-state index contributed by atoms with van der Waals surface area (Å²) >= 11 is 1.28. The smallest absolute Gasteiger partial charge is 0.252 e. The van der Waals surface area contributed by atoms with E-state index in [9.17, 15) is 8.42 Å². The molecule has 0 aliphatic heterocycles. The molecule has 1 heterocycles. The van der Waals surface area contributed by atoms with E-state index in [4.69, 9.17) is 9.84 Å². The monoisotopic (exact) mass is 293 g/mol. The zero-order valence-corrected chi connectivity index (χ0v) is 12.3. The molecule has 0 atom stereocenters. The fraction of sp³-hybridized carbons (Fsp3) is 0.636. The van der Waals surface area contributed by atoms with Gasteiger partial charge in [-0.15, -0.1) is 11.3 Å². The van der Waals surface area contributed by atoms with Crippen molar-refractivity contribution >= 4 is 21.4 Å². The zero-order valence-electron chi connectivity index (χ0n) is 10.6. The lowest BCUT2D eigenvalue weighted by Crippen LogP contribution is -2.35. The van der Waals surface area contributed by atoms with Crippen LogP contribution in [0.5, 0.6) is 0 Å². The Morgan fingerprint density at radius 1 is 1.39 bits per heavy atom. The number of ether oxygens (including phenoxy) is 1. The van der Waals surface area contributed by atoms with Crippen LogP contribution < -0.4 is 0 Å². The molecule has 1 N–H and O–H groups in total. The number of methoxy groups -OCH3 is 1. The van der Waals surface area contributed by atoms with E-state index < -0.39 is 10.0 Å². The Bertz CT molecular complexity index is 455. The normalized spacial score (nSPS) is 12.2. The molecule has 0 aromatic carbocycles. The Balaban J connectivity index is 2.92.